The van der Waals surface area contributed by atoms with E-state index in [1.165, 1.54) is 12.3 Å². The molecule has 4 nitrogen and oxygen atoms in total. The predicted molar refractivity (Wildman–Crippen MR) is 88.3 cm³/mol. The first kappa shape index (κ1) is 17.3. The third kappa shape index (κ3) is 3.60. The molecule has 0 atom stereocenters. The Balaban J connectivity index is 2.09. The number of H-pyrrole nitrogens is 1. The number of nitrogens with one attached hydrogen (secondary N) is 1. The quantitative estimate of drug-likeness (QED) is 0.664. The van der Waals surface area contributed by atoms with Gasteiger partial charge in [-0.2, -0.15) is 13.2 Å². The number of hydrogen-bond acceptors (Lipinski definition) is 3. The van der Waals surface area contributed by atoms with E-state index in [-0.39, 0.29) is 5.52 Å². The van der Waals surface area contributed by atoms with Crippen LogP contribution in [0.4, 0.5) is 13.2 Å². The summed E-state index contributed by atoms with van der Waals surface area (Å²) in [6.07, 6.45) is 0.562. The molecule has 0 aliphatic rings. The minimum Gasteiger partial charge on any atom is -0.408 e. The lowest BCUT2D eigenvalue weighted by Crippen LogP contribution is -2.04. The Hall–Kier alpha value is -2.57. The van der Waals surface area contributed by atoms with E-state index in [9.17, 15) is 18.0 Å². The third-order valence-electron chi connectivity index (χ3n) is 4.07. The highest BCUT2D eigenvalue weighted by atomic mass is 19.4. The molecule has 0 aliphatic carbocycles. The van der Waals surface area contributed by atoms with Gasteiger partial charge >= 0.3 is 11.9 Å². The molecule has 132 valence electrons. The monoisotopic (exact) mass is 350 g/mol. The molecule has 0 saturated heterocycles. The van der Waals surface area contributed by atoms with E-state index < -0.39 is 17.5 Å². The van der Waals surface area contributed by atoms with Crippen molar-refractivity contribution in [2.75, 3.05) is 0 Å². The minimum absolute atomic E-state index is 0.204. The number of aryl methyl sites for hydroxylation is 1. The fourth-order valence-corrected chi connectivity index (χ4v) is 2.83. The molecular weight excluding hydrogens is 333 g/mol. The number of unbranched alkanes of at least 4 members (excludes halogenated alkanes) is 2. The van der Waals surface area contributed by atoms with Gasteiger partial charge in [0.1, 0.15) is 0 Å². The van der Waals surface area contributed by atoms with Gasteiger partial charge in [0.2, 0.25) is 0 Å². The number of benzene rings is 1. The zero-order chi connectivity index (χ0) is 18.0. The molecule has 2 heterocycles. The summed E-state index contributed by atoms with van der Waals surface area (Å²) in [5.41, 5.74) is 0.661. The maximum Gasteiger partial charge on any atom is 0.417 e. The molecule has 0 spiro atoms. The van der Waals surface area contributed by atoms with Gasteiger partial charge in [-0.1, -0.05) is 25.8 Å². The van der Waals surface area contributed by atoms with Crippen molar-refractivity contribution in [2.24, 2.45) is 0 Å². The first-order chi connectivity index (χ1) is 11.9. The van der Waals surface area contributed by atoms with Crippen molar-refractivity contribution < 1.29 is 17.6 Å². The van der Waals surface area contributed by atoms with Crippen LogP contribution in [0.3, 0.4) is 0 Å². The molecule has 7 heteroatoms. The molecule has 0 fully saturated rings. The van der Waals surface area contributed by atoms with Gasteiger partial charge in [0.15, 0.2) is 5.76 Å². The standard InChI is InChI=1S/C18H17F3N2O2/c1-2-3-4-5-14-16(25-17(24)23-14)13-8-9-22-15-10-11(18(19,20)21)6-7-12(13)15/h6-10H,2-5H2,1H3,(H,23,24). The van der Waals surface area contributed by atoms with Gasteiger partial charge < -0.3 is 4.42 Å². The molecule has 0 saturated carbocycles. The van der Waals surface area contributed by atoms with Crippen LogP contribution in [0.2, 0.25) is 0 Å². The van der Waals surface area contributed by atoms with Crippen molar-refractivity contribution in [3.8, 4) is 11.3 Å². The van der Waals surface area contributed by atoms with Crippen LogP contribution < -0.4 is 5.76 Å². The lowest BCUT2D eigenvalue weighted by Gasteiger charge is -2.09. The molecule has 0 bridgehead atoms. The van der Waals surface area contributed by atoms with Crippen LogP contribution in [0.5, 0.6) is 0 Å². The Labute approximate surface area is 141 Å². The Bertz CT molecular complexity index is 941. The van der Waals surface area contributed by atoms with E-state index in [1.54, 1.807) is 6.07 Å². The highest BCUT2D eigenvalue weighted by Crippen LogP contribution is 2.34. The highest BCUT2D eigenvalue weighted by Gasteiger charge is 2.30. The van der Waals surface area contributed by atoms with Crippen LogP contribution in [0.15, 0.2) is 39.7 Å². The molecule has 0 unspecified atom stereocenters. The number of nitrogens with zero attached hydrogens (tertiary/aromatic N) is 1. The normalized spacial score (nSPS) is 12.0. The molecule has 0 amide bonds. The fraction of sp³-hybridized carbons (Fsp3) is 0.333. The van der Waals surface area contributed by atoms with Crippen LogP contribution in [0.25, 0.3) is 22.2 Å². The molecule has 3 aromatic rings. The summed E-state index contributed by atoms with van der Waals surface area (Å²) in [5, 5.41) is 0.509. The van der Waals surface area contributed by atoms with Gasteiger partial charge in [0.25, 0.3) is 0 Å². The average molecular weight is 350 g/mol. The van der Waals surface area contributed by atoms with Crippen molar-refractivity contribution >= 4 is 10.9 Å². The molecule has 1 aromatic carbocycles. The molecule has 0 aliphatic heterocycles. The van der Waals surface area contributed by atoms with E-state index >= 15 is 0 Å². The molecular formula is C18H17F3N2O2. The Morgan fingerprint density at radius 3 is 2.72 bits per heavy atom. The number of pyridine rings is 1. The van der Waals surface area contributed by atoms with Crippen molar-refractivity contribution in [1.29, 1.82) is 0 Å². The highest BCUT2D eigenvalue weighted by molar-refractivity contribution is 5.93. The van der Waals surface area contributed by atoms with Gasteiger partial charge in [0, 0.05) is 17.1 Å². The summed E-state index contributed by atoms with van der Waals surface area (Å²) in [5.74, 6) is -0.202. The van der Waals surface area contributed by atoms with Gasteiger partial charge in [-0.05, 0) is 31.0 Å². The van der Waals surface area contributed by atoms with Crippen LogP contribution >= 0.6 is 0 Å². The topological polar surface area (TPSA) is 58.9 Å². The zero-order valence-electron chi connectivity index (χ0n) is 13.6. The molecule has 1 N–H and O–H groups in total. The van der Waals surface area contributed by atoms with E-state index in [0.29, 0.717) is 28.8 Å². The van der Waals surface area contributed by atoms with Crippen LogP contribution in [-0.2, 0) is 12.6 Å². The van der Waals surface area contributed by atoms with Crippen LogP contribution in [-0.4, -0.2) is 9.97 Å². The number of fused-ring (bicyclic) bond motifs is 1. The third-order valence-corrected chi connectivity index (χ3v) is 4.07. The number of hydrogen-bond donors (Lipinski definition) is 1. The second kappa shape index (κ2) is 6.74. The summed E-state index contributed by atoms with van der Waals surface area (Å²) in [4.78, 5) is 18.4. The van der Waals surface area contributed by atoms with Gasteiger partial charge in [-0.15, -0.1) is 0 Å². The SMILES string of the molecule is CCCCCc1[nH]c(=O)oc1-c1ccnc2cc(C(F)(F)F)ccc12. The Kier molecular flexibility index (Phi) is 4.65. The van der Waals surface area contributed by atoms with Gasteiger partial charge in [-0.3, -0.25) is 9.97 Å². The molecule has 2 aromatic heterocycles. The largest absolute Gasteiger partial charge is 0.417 e. The number of aromatic amines is 1. The second-order valence-electron chi connectivity index (χ2n) is 5.87. The summed E-state index contributed by atoms with van der Waals surface area (Å²) in [6.45, 7) is 2.08. The fourth-order valence-electron chi connectivity index (χ4n) is 2.83. The number of alkyl halides is 3. The lowest BCUT2D eigenvalue weighted by molar-refractivity contribution is -0.137. The van der Waals surface area contributed by atoms with Crippen molar-refractivity contribution in [2.45, 2.75) is 38.8 Å². The summed E-state index contributed by atoms with van der Waals surface area (Å²) < 4.78 is 43.9. The van der Waals surface area contributed by atoms with Gasteiger partial charge in [-0.25, -0.2) is 4.79 Å². The number of oxazole rings is 1. The average Bonchev–Trinajstić information content (AvgIpc) is 2.94. The second-order valence-corrected chi connectivity index (χ2v) is 5.87. The van der Waals surface area contributed by atoms with Crippen molar-refractivity contribution in [3.05, 3.63) is 52.3 Å². The number of rotatable bonds is 5. The van der Waals surface area contributed by atoms with E-state index in [2.05, 4.69) is 16.9 Å². The zero-order valence-corrected chi connectivity index (χ0v) is 13.6. The minimum atomic E-state index is -4.43. The summed E-state index contributed by atoms with van der Waals surface area (Å²) >= 11 is 0. The van der Waals surface area contributed by atoms with Gasteiger partial charge in [0.05, 0.1) is 16.8 Å². The van der Waals surface area contributed by atoms with E-state index in [0.717, 1.165) is 31.4 Å². The Morgan fingerprint density at radius 2 is 2.00 bits per heavy atom. The number of aromatic nitrogens is 2. The Morgan fingerprint density at radius 1 is 1.20 bits per heavy atom. The maximum absolute atomic E-state index is 12.9. The number of halogens is 3. The van der Waals surface area contributed by atoms with Crippen LogP contribution in [0.1, 0.15) is 37.4 Å². The van der Waals surface area contributed by atoms with E-state index in [4.69, 9.17) is 4.42 Å². The first-order valence-corrected chi connectivity index (χ1v) is 8.08. The van der Waals surface area contributed by atoms with Crippen molar-refractivity contribution in [1.82, 2.24) is 9.97 Å². The van der Waals surface area contributed by atoms with E-state index in [1.807, 2.05) is 0 Å². The maximum atomic E-state index is 12.9. The lowest BCUT2D eigenvalue weighted by atomic mass is 10.0. The summed E-state index contributed by atoms with van der Waals surface area (Å²) in [7, 11) is 0. The first-order valence-electron chi connectivity index (χ1n) is 8.08. The molecule has 25 heavy (non-hydrogen) atoms. The molecule has 3 rings (SSSR count). The van der Waals surface area contributed by atoms with Crippen molar-refractivity contribution in [3.63, 3.8) is 0 Å². The smallest absolute Gasteiger partial charge is 0.408 e. The van der Waals surface area contributed by atoms with Crippen LogP contribution in [0, 0.1) is 0 Å². The predicted octanol–water partition coefficient (Wildman–Crippen LogP) is 4.93. The summed E-state index contributed by atoms with van der Waals surface area (Å²) in [6, 6.07) is 5.02. The molecule has 0 radical (unpaired) electrons.